The average Bonchev–Trinajstić information content (AvgIpc) is 2.18. The van der Waals surface area contributed by atoms with Crippen molar-refractivity contribution in [3.63, 3.8) is 0 Å². The van der Waals surface area contributed by atoms with Crippen LogP contribution in [0.5, 0.6) is 5.75 Å². The van der Waals surface area contributed by atoms with Gasteiger partial charge in [-0.3, -0.25) is 4.98 Å². The van der Waals surface area contributed by atoms with Gasteiger partial charge in [-0.2, -0.15) is 0 Å². The fourth-order valence-corrected chi connectivity index (χ4v) is 1.47. The number of rotatable bonds is 2. The van der Waals surface area contributed by atoms with Crippen molar-refractivity contribution >= 4 is 6.08 Å². The summed E-state index contributed by atoms with van der Waals surface area (Å²) in [5, 5.41) is 0. The normalized spacial score (nSPS) is 19.3. The minimum atomic E-state index is 0.238. The van der Waals surface area contributed by atoms with E-state index < -0.39 is 0 Å². The van der Waals surface area contributed by atoms with Crippen molar-refractivity contribution < 1.29 is 4.74 Å². The van der Waals surface area contributed by atoms with Gasteiger partial charge in [0.05, 0.1) is 0 Å². The summed E-state index contributed by atoms with van der Waals surface area (Å²) >= 11 is 0. The zero-order chi connectivity index (χ0) is 9.10. The van der Waals surface area contributed by atoms with Gasteiger partial charge in [0.2, 0.25) is 0 Å². The van der Waals surface area contributed by atoms with Gasteiger partial charge in [-0.1, -0.05) is 13.3 Å². The number of hydrogen-bond donors (Lipinski definition) is 0. The Labute approximate surface area is 78.3 Å². The smallest absolute Gasteiger partial charge is 0.145 e. The molecule has 0 amide bonds. The lowest BCUT2D eigenvalue weighted by atomic mass is 10.1. The molecule has 0 radical (unpaired) electrons. The largest absolute Gasteiger partial charge is 0.484 e. The standard InChI is InChI=1S/C11H13NO/c1-2-4-9-6-7-10-11(13-9)5-3-8-12-10/h3,5-9H,2,4H2,1H3. The number of aromatic nitrogens is 1. The number of pyridine rings is 1. The monoisotopic (exact) mass is 175 g/mol. The van der Waals surface area contributed by atoms with Crippen LogP contribution < -0.4 is 4.74 Å². The zero-order valence-corrected chi connectivity index (χ0v) is 7.73. The molecule has 0 aromatic carbocycles. The number of ether oxygens (including phenoxy) is 1. The Hall–Kier alpha value is -1.31. The van der Waals surface area contributed by atoms with E-state index in [1.165, 1.54) is 0 Å². The van der Waals surface area contributed by atoms with Crippen molar-refractivity contribution in [2.24, 2.45) is 0 Å². The molecule has 0 aliphatic carbocycles. The molecule has 0 spiro atoms. The van der Waals surface area contributed by atoms with Gasteiger partial charge >= 0.3 is 0 Å². The molecule has 0 saturated heterocycles. The van der Waals surface area contributed by atoms with Crippen molar-refractivity contribution in [1.29, 1.82) is 0 Å². The van der Waals surface area contributed by atoms with Crippen molar-refractivity contribution in [2.75, 3.05) is 0 Å². The molecule has 1 unspecified atom stereocenters. The first-order chi connectivity index (χ1) is 6.40. The zero-order valence-electron chi connectivity index (χ0n) is 7.73. The van der Waals surface area contributed by atoms with E-state index in [0.29, 0.717) is 0 Å². The van der Waals surface area contributed by atoms with Crippen LogP contribution in [0.3, 0.4) is 0 Å². The van der Waals surface area contributed by atoms with Gasteiger partial charge in [0.15, 0.2) is 0 Å². The highest BCUT2D eigenvalue weighted by molar-refractivity contribution is 5.55. The topological polar surface area (TPSA) is 22.1 Å². The third-order valence-electron chi connectivity index (χ3n) is 2.12. The summed E-state index contributed by atoms with van der Waals surface area (Å²) in [5.41, 5.74) is 0.940. The van der Waals surface area contributed by atoms with Gasteiger partial charge in [-0.15, -0.1) is 0 Å². The summed E-state index contributed by atoms with van der Waals surface area (Å²) in [7, 11) is 0. The highest BCUT2D eigenvalue weighted by atomic mass is 16.5. The predicted molar refractivity (Wildman–Crippen MR) is 52.6 cm³/mol. The van der Waals surface area contributed by atoms with E-state index in [1.54, 1.807) is 6.20 Å². The van der Waals surface area contributed by atoms with Crippen LogP contribution in [0.15, 0.2) is 24.4 Å². The molecule has 2 nitrogen and oxygen atoms in total. The molecule has 1 aromatic rings. The molecule has 1 aromatic heterocycles. The maximum absolute atomic E-state index is 5.72. The van der Waals surface area contributed by atoms with E-state index in [9.17, 15) is 0 Å². The first-order valence-corrected chi connectivity index (χ1v) is 4.70. The van der Waals surface area contributed by atoms with Crippen molar-refractivity contribution in [3.05, 3.63) is 30.1 Å². The van der Waals surface area contributed by atoms with Crippen LogP contribution in [0.4, 0.5) is 0 Å². The molecule has 13 heavy (non-hydrogen) atoms. The third kappa shape index (κ3) is 1.72. The maximum atomic E-state index is 5.72. The van der Waals surface area contributed by atoms with E-state index in [4.69, 9.17) is 4.74 Å². The molecule has 1 atom stereocenters. The molecule has 68 valence electrons. The second-order valence-electron chi connectivity index (χ2n) is 3.19. The Bertz CT molecular complexity index is 320. The molecule has 0 bridgehead atoms. The Morgan fingerprint density at radius 1 is 1.54 bits per heavy atom. The van der Waals surface area contributed by atoms with Crippen LogP contribution >= 0.6 is 0 Å². The summed E-state index contributed by atoms with van der Waals surface area (Å²) in [6.45, 7) is 2.16. The summed E-state index contributed by atoms with van der Waals surface area (Å²) in [6, 6.07) is 3.87. The van der Waals surface area contributed by atoms with E-state index in [2.05, 4.69) is 18.0 Å². The van der Waals surface area contributed by atoms with Crippen LogP contribution in [0, 0.1) is 0 Å². The quantitative estimate of drug-likeness (QED) is 0.689. The van der Waals surface area contributed by atoms with E-state index in [1.807, 2.05) is 18.2 Å². The second-order valence-corrected chi connectivity index (χ2v) is 3.19. The molecule has 0 fully saturated rings. The van der Waals surface area contributed by atoms with E-state index in [0.717, 1.165) is 24.3 Å². The van der Waals surface area contributed by atoms with Crippen LogP contribution in [-0.2, 0) is 0 Å². The fourth-order valence-electron chi connectivity index (χ4n) is 1.47. The minimum Gasteiger partial charge on any atom is -0.484 e. The SMILES string of the molecule is CCCC1C=Cc2ncccc2O1. The van der Waals surface area contributed by atoms with Gasteiger partial charge in [0.25, 0.3) is 0 Å². The molecular formula is C11H13NO. The molecule has 2 heterocycles. The van der Waals surface area contributed by atoms with Crippen molar-refractivity contribution in [2.45, 2.75) is 25.9 Å². The summed E-state index contributed by atoms with van der Waals surface area (Å²) < 4.78 is 5.72. The number of nitrogens with zero attached hydrogens (tertiary/aromatic N) is 1. The number of fused-ring (bicyclic) bond motifs is 1. The van der Waals surface area contributed by atoms with Gasteiger partial charge < -0.3 is 4.74 Å². The lowest BCUT2D eigenvalue weighted by Crippen LogP contribution is -2.16. The Morgan fingerprint density at radius 2 is 2.46 bits per heavy atom. The molecule has 0 N–H and O–H groups in total. The predicted octanol–water partition coefficient (Wildman–Crippen LogP) is 2.66. The van der Waals surface area contributed by atoms with Gasteiger partial charge in [-0.05, 0) is 30.7 Å². The molecule has 2 heteroatoms. The Balaban J connectivity index is 2.19. The highest BCUT2D eigenvalue weighted by Gasteiger charge is 2.13. The number of hydrogen-bond acceptors (Lipinski definition) is 2. The van der Waals surface area contributed by atoms with Crippen molar-refractivity contribution in [3.8, 4) is 5.75 Å². The van der Waals surface area contributed by atoms with Crippen LogP contribution in [0.25, 0.3) is 6.08 Å². The van der Waals surface area contributed by atoms with Crippen LogP contribution in [0.2, 0.25) is 0 Å². The Kier molecular flexibility index (Phi) is 2.30. The average molecular weight is 175 g/mol. The van der Waals surface area contributed by atoms with Crippen molar-refractivity contribution in [1.82, 2.24) is 4.98 Å². The van der Waals surface area contributed by atoms with E-state index >= 15 is 0 Å². The fraction of sp³-hybridized carbons (Fsp3) is 0.364. The van der Waals surface area contributed by atoms with Gasteiger partial charge in [-0.25, -0.2) is 0 Å². The first kappa shape index (κ1) is 8.30. The Morgan fingerprint density at radius 3 is 3.31 bits per heavy atom. The molecule has 2 rings (SSSR count). The van der Waals surface area contributed by atoms with Crippen LogP contribution in [0.1, 0.15) is 25.5 Å². The lowest BCUT2D eigenvalue weighted by molar-refractivity contribution is 0.233. The maximum Gasteiger partial charge on any atom is 0.145 e. The minimum absolute atomic E-state index is 0.238. The first-order valence-electron chi connectivity index (χ1n) is 4.70. The molecule has 0 saturated carbocycles. The van der Waals surface area contributed by atoms with Crippen LogP contribution in [-0.4, -0.2) is 11.1 Å². The second kappa shape index (κ2) is 3.60. The third-order valence-corrected chi connectivity index (χ3v) is 2.12. The van der Waals surface area contributed by atoms with Gasteiger partial charge in [0, 0.05) is 6.20 Å². The summed E-state index contributed by atoms with van der Waals surface area (Å²) in [6.07, 6.45) is 8.36. The highest BCUT2D eigenvalue weighted by Crippen LogP contribution is 2.24. The lowest BCUT2D eigenvalue weighted by Gasteiger charge is -2.19. The van der Waals surface area contributed by atoms with Gasteiger partial charge in [0.1, 0.15) is 17.5 Å². The summed E-state index contributed by atoms with van der Waals surface area (Å²) in [4.78, 5) is 4.20. The van der Waals surface area contributed by atoms with E-state index in [-0.39, 0.29) is 6.10 Å². The summed E-state index contributed by atoms with van der Waals surface area (Å²) in [5.74, 6) is 0.906. The molecule has 1 aliphatic heterocycles. The molecule has 1 aliphatic rings. The molecular weight excluding hydrogens is 162 g/mol.